The van der Waals surface area contributed by atoms with Gasteiger partial charge in [0.2, 0.25) is 0 Å². The first-order valence-corrected chi connectivity index (χ1v) is 6.97. The van der Waals surface area contributed by atoms with Gasteiger partial charge in [-0.25, -0.2) is 4.39 Å². The number of Topliss-reactive ketones (excluding diaryl/α,β-unsaturated/α-hetero) is 1. The number of hydrogen-bond donors (Lipinski definition) is 0. The molecular formula is C17H11ClFNO2. The summed E-state index contributed by atoms with van der Waals surface area (Å²) in [5, 5.41) is 1.05. The lowest BCUT2D eigenvalue weighted by Gasteiger charge is -2.05. The summed E-state index contributed by atoms with van der Waals surface area (Å²) in [5.74, 6) is -1.33. The van der Waals surface area contributed by atoms with Crippen LogP contribution < -0.4 is 0 Å². The predicted molar refractivity (Wildman–Crippen MR) is 83.1 cm³/mol. The van der Waals surface area contributed by atoms with E-state index < -0.39 is 11.7 Å². The Morgan fingerprint density at radius 1 is 1.09 bits per heavy atom. The summed E-state index contributed by atoms with van der Waals surface area (Å²) in [4.78, 5) is 24.3. The van der Waals surface area contributed by atoms with E-state index in [2.05, 4.69) is 0 Å². The van der Waals surface area contributed by atoms with E-state index in [1.54, 1.807) is 24.3 Å². The quantitative estimate of drug-likeness (QED) is 0.660. The zero-order valence-corrected chi connectivity index (χ0v) is 12.4. The molecule has 0 bridgehead atoms. The molecular weight excluding hydrogens is 305 g/mol. The lowest BCUT2D eigenvalue weighted by molar-refractivity contribution is 0.0961. The second-order valence-electron chi connectivity index (χ2n) is 4.92. The molecule has 0 amide bonds. The molecule has 0 spiro atoms. The fourth-order valence-electron chi connectivity index (χ4n) is 2.41. The van der Waals surface area contributed by atoms with E-state index in [1.165, 1.54) is 35.9 Å². The molecule has 0 fully saturated rings. The molecule has 1 aromatic heterocycles. The maximum atomic E-state index is 13.8. The number of nitrogens with zero attached hydrogens (tertiary/aromatic N) is 1. The summed E-state index contributed by atoms with van der Waals surface area (Å²) >= 11 is 5.98. The second-order valence-corrected chi connectivity index (χ2v) is 5.35. The predicted octanol–water partition coefficient (Wildman–Crippen LogP) is 4.32. The van der Waals surface area contributed by atoms with Crippen molar-refractivity contribution in [3.05, 3.63) is 70.6 Å². The SMILES string of the molecule is CC(=O)c1cn(C(=O)c2ccccc2F)c2cc(Cl)ccc12. The van der Waals surface area contributed by atoms with Crippen molar-refractivity contribution < 1.29 is 14.0 Å². The standard InChI is InChI=1S/C17H11ClFNO2/c1-10(21)14-9-20(16-8-11(18)6-7-12(14)16)17(22)13-4-2-3-5-15(13)19/h2-9H,1H3. The van der Waals surface area contributed by atoms with E-state index in [9.17, 15) is 14.0 Å². The molecule has 0 aliphatic heterocycles. The van der Waals surface area contributed by atoms with Crippen molar-refractivity contribution >= 4 is 34.2 Å². The number of halogens is 2. The molecule has 0 radical (unpaired) electrons. The number of ketones is 1. The monoisotopic (exact) mass is 315 g/mol. The Bertz CT molecular complexity index is 914. The summed E-state index contributed by atoms with van der Waals surface area (Å²) in [5.41, 5.74) is 0.816. The van der Waals surface area contributed by atoms with Crippen molar-refractivity contribution in [3.63, 3.8) is 0 Å². The molecule has 0 N–H and O–H groups in total. The number of fused-ring (bicyclic) bond motifs is 1. The summed E-state index contributed by atoms with van der Waals surface area (Å²) in [6.45, 7) is 1.42. The van der Waals surface area contributed by atoms with Crippen molar-refractivity contribution in [1.29, 1.82) is 0 Å². The maximum absolute atomic E-state index is 13.8. The van der Waals surface area contributed by atoms with Crippen LogP contribution in [0.25, 0.3) is 10.9 Å². The van der Waals surface area contributed by atoms with Gasteiger partial charge in [-0.05, 0) is 31.2 Å². The van der Waals surface area contributed by atoms with Crippen molar-refractivity contribution in [1.82, 2.24) is 4.57 Å². The second kappa shape index (κ2) is 5.39. The Balaban J connectivity index is 2.27. The summed E-state index contributed by atoms with van der Waals surface area (Å²) in [6.07, 6.45) is 1.43. The van der Waals surface area contributed by atoms with Crippen LogP contribution in [0.1, 0.15) is 27.6 Å². The van der Waals surface area contributed by atoms with Gasteiger partial charge in [-0.2, -0.15) is 0 Å². The largest absolute Gasteiger partial charge is 0.294 e. The van der Waals surface area contributed by atoms with Gasteiger partial charge >= 0.3 is 0 Å². The Kier molecular flexibility index (Phi) is 3.54. The Morgan fingerprint density at radius 2 is 1.82 bits per heavy atom. The number of rotatable bonds is 2. The van der Waals surface area contributed by atoms with Crippen LogP contribution in [0.5, 0.6) is 0 Å². The lowest BCUT2D eigenvalue weighted by atomic mass is 10.1. The van der Waals surface area contributed by atoms with E-state index in [-0.39, 0.29) is 11.3 Å². The van der Waals surface area contributed by atoms with E-state index in [1.807, 2.05) is 0 Å². The average molecular weight is 316 g/mol. The van der Waals surface area contributed by atoms with Crippen molar-refractivity contribution in [2.24, 2.45) is 0 Å². The number of carbonyl (C=O) groups is 2. The highest BCUT2D eigenvalue weighted by Gasteiger charge is 2.19. The molecule has 3 rings (SSSR count). The van der Waals surface area contributed by atoms with Gasteiger partial charge in [0.25, 0.3) is 5.91 Å². The van der Waals surface area contributed by atoms with Gasteiger partial charge in [0.05, 0.1) is 11.1 Å². The highest BCUT2D eigenvalue weighted by atomic mass is 35.5. The van der Waals surface area contributed by atoms with Crippen LogP contribution in [0.4, 0.5) is 4.39 Å². The Labute approximate surface area is 130 Å². The third kappa shape index (κ3) is 2.31. The first kappa shape index (κ1) is 14.5. The molecule has 0 atom stereocenters. The molecule has 3 nitrogen and oxygen atoms in total. The minimum Gasteiger partial charge on any atom is -0.294 e. The molecule has 0 saturated carbocycles. The molecule has 0 aliphatic carbocycles. The molecule has 22 heavy (non-hydrogen) atoms. The highest BCUT2D eigenvalue weighted by Crippen LogP contribution is 2.26. The van der Waals surface area contributed by atoms with Crippen LogP contribution >= 0.6 is 11.6 Å². The highest BCUT2D eigenvalue weighted by molar-refractivity contribution is 6.31. The van der Waals surface area contributed by atoms with Crippen LogP contribution in [0.2, 0.25) is 5.02 Å². The van der Waals surface area contributed by atoms with E-state index >= 15 is 0 Å². The molecule has 0 unspecified atom stereocenters. The average Bonchev–Trinajstić information content (AvgIpc) is 2.86. The molecule has 0 saturated heterocycles. The van der Waals surface area contributed by atoms with E-state index in [0.29, 0.717) is 21.5 Å². The van der Waals surface area contributed by atoms with Gasteiger partial charge in [0.1, 0.15) is 5.82 Å². The zero-order chi connectivity index (χ0) is 15.9. The fourth-order valence-corrected chi connectivity index (χ4v) is 2.58. The van der Waals surface area contributed by atoms with Crippen molar-refractivity contribution in [3.8, 4) is 0 Å². The first-order chi connectivity index (χ1) is 10.5. The summed E-state index contributed by atoms with van der Waals surface area (Å²) < 4.78 is 15.1. The number of hydrogen-bond acceptors (Lipinski definition) is 2. The van der Waals surface area contributed by atoms with Gasteiger partial charge < -0.3 is 0 Å². The van der Waals surface area contributed by atoms with Gasteiger partial charge in [-0.3, -0.25) is 14.2 Å². The van der Waals surface area contributed by atoms with Crippen molar-refractivity contribution in [2.75, 3.05) is 0 Å². The van der Waals surface area contributed by atoms with Gasteiger partial charge in [0, 0.05) is 22.2 Å². The molecule has 2 aromatic carbocycles. The van der Waals surface area contributed by atoms with Gasteiger partial charge in [-0.1, -0.05) is 29.8 Å². The molecule has 3 aromatic rings. The van der Waals surface area contributed by atoms with Gasteiger partial charge in [-0.15, -0.1) is 0 Å². The fraction of sp³-hybridized carbons (Fsp3) is 0.0588. The molecule has 5 heteroatoms. The van der Waals surface area contributed by atoms with Crippen LogP contribution in [0.3, 0.4) is 0 Å². The van der Waals surface area contributed by atoms with Crippen LogP contribution in [-0.4, -0.2) is 16.3 Å². The zero-order valence-electron chi connectivity index (χ0n) is 11.6. The third-order valence-corrected chi connectivity index (χ3v) is 3.71. The van der Waals surface area contributed by atoms with Crippen LogP contribution in [0.15, 0.2) is 48.7 Å². The third-order valence-electron chi connectivity index (χ3n) is 3.47. The smallest absolute Gasteiger partial charge is 0.265 e. The Morgan fingerprint density at radius 3 is 2.50 bits per heavy atom. The number of aromatic nitrogens is 1. The minimum absolute atomic E-state index is 0.0607. The van der Waals surface area contributed by atoms with Gasteiger partial charge in [0.15, 0.2) is 5.78 Å². The number of carbonyl (C=O) groups excluding carboxylic acids is 2. The Hall–Kier alpha value is -2.46. The normalized spacial score (nSPS) is 10.9. The molecule has 0 aliphatic rings. The molecule has 1 heterocycles. The summed E-state index contributed by atoms with van der Waals surface area (Å²) in [7, 11) is 0. The van der Waals surface area contributed by atoms with E-state index in [4.69, 9.17) is 11.6 Å². The minimum atomic E-state index is -0.610. The van der Waals surface area contributed by atoms with Crippen molar-refractivity contribution in [2.45, 2.75) is 6.92 Å². The maximum Gasteiger partial charge on any atom is 0.265 e. The lowest BCUT2D eigenvalue weighted by Crippen LogP contribution is -2.12. The van der Waals surface area contributed by atoms with Crippen LogP contribution in [-0.2, 0) is 0 Å². The topological polar surface area (TPSA) is 39.1 Å². The molecule has 110 valence electrons. The first-order valence-electron chi connectivity index (χ1n) is 6.60. The van der Waals surface area contributed by atoms with E-state index in [0.717, 1.165) is 0 Å². The van der Waals surface area contributed by atoms with Crippen LogP contribution in [0, 0.1) is 5.82 Å². The number of benzene rings is 2. The summed E-state index contributed by atoms with van der Waals surface area (Å²) in [6, 6.07) is 10.6.